The van der Waals surface area contributed by atoms with Crippen molar-refractivity contribution in [3.05, 3.63) is 58.3 Å². The van der Waals surface area contributed by atoms with Crippen LogP contribution in [0.15, 0.2) is 30.3 Å². The Morgan fingerprint density at radius 2 is 1.77 bits per heavy atom. The predicted octanol–water partition coefficient (Wildman–Crippen LogP) is 4.23. The minimum Gasteiger partial charge on any atom is -0.493 e. The Labute approximate surface area is 154 Å². The average Bonchev–Trinajstić information content (AvgIpc) is 3.06. The van der Waals surface area contributed by atoms with Crippen molar-refractivity contribution in [3.8, 4) is 11.5 Å². The summed E-state index contributed by atoms with van der Waals surface area (Å²) in [7, 11) is 3.35. The lowest BCUT2D eigenvalue weighted by Crippen LogP contribution is -2.31. The van der Waals surface area contributed by atoms with Crippen LogP contribution in [0.2, 0.25) is 0 Å². The van der Waals surface area contributed by atoms with E-state index in [2.05, 4.69) is 48.4 Å². The Bertz CT molecular complexity index is 958. The second-order valence-electron chi connectivity index (χ2n) is 7.12. The monoisotopic (exact) mass is 350 g/mol. The molecule has 0 amide bonds. The van der Waals surface area contributed by atoms with E-state index in [4.69, 9.17) is 9.47 Å². The number of H-pyrrole nitrogens is 1. The number of rotatable bonds is 4. The number of aromatic amines is 1. The Morgan fingerprint density at radius 3 is 2.54 bits per heavy atom. The van der Waals surface area contributed by atoms with Crippen LogP contribution >= 0.6 is 0 Å². The molecule has 1 atom stereocenters. The van der Waals surface area contributed by atoms with Gasteiger partial charge >= 0.3 is 0 Å². The quantitative estimate of drug-likeness (QED) is 0.740. The molecular weight excluding hydrogens is 324 g/mol. The first-order valence-electron chi connectivity index (χ1n) is 9.17. The van der Waals surface area contributed by atoms with E-state index in [1.165, 1.54) is 38.9 Å². The maximum absolute atomic E-state index is 5.46. The molecule has 0 spiro atoms. The summed E-state index contributed by atoms with van der Waals surface area (Å²) >= 11 is 0. The van der Waals surface area contributed by atoms with Crippen LogP contribution in [-0.2, 0) is 12.8 Å². The molecule has 0 aliphatic carbocycles. The van der Waals surface area contributed by atoms with Crippen molar-refractivity contribution in [2.75, 3.05) is 20.8 Å². The minimum absolute atomic E-state index is 0.281. The number of nitrogens with one attached hydrogen (secondary N) is 2. The molecule has 0 saturated heterocycles. The van der Waals surface area contributed by atoms with E-state index >= 15 is 0 Å². The fourth-order valence-electron chi connectivity index (χ4n) is 4.15. The van der Waals surface area contributed by atoms with Gasteiger partial charge in [-0.15, -0.1) is 0 Å². The molecular formula is C22H26N2O2. The number of methoxy groups -OCH3 is 2. The molecule has 1 aliphatic rings. The molecule has 4 nitrogen and oxygen atoms in total. The molecule has 2 heterocycles. The average molecular weight is 350 g/mol. The molecule has 2 aromatic carbocycles. The smallest absolute Gasteiger partial charge is 0.160 e. The number of hydrogen-bond acceptors (Lipinski definition) is 3. The topological polar surface area (TPSA) is 46.3 Å². The standard InChI is InChI=1S/C22H26N2O2/c1-13-5-6-14(2)21-20(13)16-9-10-23-17(22(16)24-21)11-15-7-8-18(25-3)19(12-15)26-4/h5-8,12,17,23-24H,9-11H2,1-4H3. The van der Waals surface area contributed by atoms with Crippen LogP contribution in [0.25, 0.3) is 10.9 Å². The van der Waals surface area contributed by atoms with Crippen molar-refractivity contribution in [3.63, 3.8) is 0 Å². The summed E-state index contributed by atoms with van der Waals surface area (Å²) in [6.45, 7) is 5.40. The normalized spacial score (nSPS) is 16.5. The van der Waals surface area contributed by atoms with Gasteiger partial charge in [0, 0.05) is 16.6 Å². The summed E-state index contributed by atoms with van der Waals surface area (Å²) < 4.78 is 10.8. The molecule has 1 aromatic heterocycles. The highest BCUT2D eigenvalue weighted by Crippen LogP contribution is 2.36. The molecule has 0 radical (unpaired) electrons. The molecule has 4 heteroatoms. The van der Waals surface area contributed by atoms with E-state index in [1.54, 1.807) is 14.2 Å². The first kappa shape index (κ1) is 17.0. The molecule has 4 rings (SSSR count). The fourth-order valence-corrected chi connectivity index (χ4v) is 4.15. The highest BCUT2D eigenvalue weighted by Gasteiger charge is 2.25. The van der Waals surface area contributed by atoms with Crippen LogP contribution in [-0.4, -0.2) is 25.7 Å². The van der Waals surface area contributed by atoms with Crippen molar-refractivity contribution in [1.82, 2.24) is 10.3 Å². The summed E-state index contributed by atoms with van der Waals surface area (Å²) in [6.07, 6.45) is 1.99. The van der Waals surface area contributed by atoms with Crippen molar-refractivity contribution >= 4 is 10.9 Å². The van der Waals surface area contributed by atoms with Crippen LogP contribution in [0.5, 0.6) is 11.5 Å². The largest absolute Gasteiger partial charge is 0.493 e. The number of benzene rings is 2. The maximum atomic E-state index is 5.46. The molecule has 3 aromatic rings. The summed E-state index contributed by atoms with van der Waals surface area (Å²) in [4.78, 5) is 3.73. The van der Waals surface area contributed by atoms with E-state index in [-0.39, 0.29) is 6.04 Å². The van der Waals surface area contributed by atoms with Gasteiger partial charge < -0.3 is 19.8 Å². The highest BCUT2D eigenvalue weighted by atomic mass is 16.5. The van der Waals surface area contributed by atoms with Gasteiger partial charge in [-0.3, -0.25) is 0 Å². The van der Waals surface area contributed by atoms with Gasteiger partial charge in [0.05, 0.1) is 20.3 Å². The van der Waals surface area contributed by atoms with E-state index in [9.17, 15) is 0 Å². The van der Waals surface area contributed by atoms with Crippen LogP contribution in [0, 0.1) is 13.8 Å². The summed E-state index contributed by atoms with van der Waals surface area (Å²) in [5.41, 5.74) is 8.00. The zero-order valence-corrected chi connectivity index (χ0v) is 15.9. The van der Waals surface area contributed by atoms with Gasteiger partial charge in [-0.05, 0) is 67.6 Å². The lowest BCUT2D eigenvalue weighted by Gasteiger charge is -2.25. The lowest BCUT2D eigenvalue weighted by atomic mass is 9.93. The third-order valence-corrected chi connectivity index (χ3v) is 5.51. The molecule has 136 valence electrons. The molecule has 1 unspecified atom stereocenters. The van der Waals surface area contributed by atoms with Crippen molar-refractivity contribution in [2.24, 2.45) is 0 Å². The van der Waals surface area contributed by atoms with Crippen molar-refractivity contribution < 1.29 is 9.47 Å². The van der Waals surface area contributed by atoms with Gasteiger partial charge in [-0.25, -0.2) is 0 Å². The van der Waals surface area contributed by atoms with Crippen LogP contribution in [0.4, 0.5) is 0 Å². The van der Waals surface area contributed by atoms with E-state index in [0.29, 0.717) is 0 Å². The number of fused-ring (bicyclic) bond motifs is 3. The fraction of sp³-hybridized carbons (Fsp3) is 0.364. The summed E-state index contributed by atoms with van der Waals surface area (Å²) in [5.74, 6) is 1.55. The van der Waals surface area contributed by atoms with Gasteiger partial charge in [0.1, 0.15) is 0 Å². The molecule has 26 heavy (non-hydrogen) atoms. The number of aryl methyl sites for hydroxylation is 2. The first-order chi connectivity index (χ1) is 12.6. The predicted molar refractivity (Wildman–Crippen MR) is 105 cm³/mol. The molecule has 0 bridgehead atoms. The van der Waals surface area contributed by atoms with Gasteiger partial charge in [0.25, 0.3) is 0 Å². The zero-order chi connectivity index (χ0) is 18.3. The minimum atomic E-state index is 0.281. The van der Waals surface area contributed by atoms with Gasteiger partial charge in [0.15, 0.2) is 11.5 Å². The molecule has 0 saturated carbocycles. The van der Waals surface area contributed by atoms with Crippen LogP contribution in [0.3, 0.4) is 0 Å². The third-order valence-electron chi connectivity index (χ3n) is 5.51. The molecule has 2 N–H and O–H groups in total. The maximum Gasteiger partial charge on any atom is 0.160 e. The van der Waals surface area contributed by atoms with Crippen LogP contribution in [0.1, 0.15) is 34.0 Å². The van der Waals surface area contributed by atoms with Gasteiger partial charge in [0.2, 0.25) is 0 Å². The Kier molecular flexibility index (Phi) is 4.37. The Balaban J connectivity index is 1.73. The van der Waals surface area contributed by atoms with Gasteiger partial charge in [-0.1, -0.05) is 18.2 Å². The van der Waals surface area contributed by atoms with Crippen molar-refractivity contribution in [1.29, 1.82) is 0 Å². The van der Waals surface area contributed by atoms with E-state index in [1.807, 2.05) is 6.07 Å². The van der Waals surface area contributed by atoms with Crippen LogP contribution < -0.4 is 14.8 Å². The first-order valence-corrected chi connectivity index (χ1v) is 9.17. The van der Waals surface area contributed by atoms with E-state index in [0.717, 1.165) is 30.9 Å². The number of hydrogen-bond donors (Lipinski definition) is 2. The van der Waals surface area contributed by atoms with Gasteiger partial charge in [-0.2, -0.15) is 0 Å². The molecule has 1 aliphatic heterocycles. The van der Waals surface area contributed by atoms with E-state index < -0.39 is 0 Å². The third kappa shape index (κ3) is 2.74. The second kappa shape index (κ2) is 6.69. The SMILES string of the molecule is COc1ccc(CC2NCCc3c2[nH]c2c(C)ccc(C)c32)cc1OC. The van der Waals surface area contributed by atoms with Crippen molar-refractivity contribution in [2.45, 2.75) is 32.7 Å². The zero-order valence-electron chi connectivity index (χ0n) is 15.9. The number of aromatic nitrogens is 1. The summed E-state index contributed by atoms with van der Waals surface area (Å²) in [5, 5.41) is 5.10. The highest BCUT2D eigenvalue weighted by molar-refractivity contribution is 5.90. The summed E-state index contributed by atoms with van der Waals surface area (Å²) in [6, 6.07) is 10.9. The second-order valence-corrected chi connectivity index (χ2v) is 7.12. The Morgan fingerprint density at radius 1 is 1.00 bits per heavy atom. The molecule has 0 fully saturated rings. The number of ether oxygens (including phenoxy) is 2. The Hall–Kier alpha value is -2.46. The lowest BCUT2D eigenvalue weighted by molar-refractivity contribution is 0.354.